The van der Waals surface area contributed by atoms with Gasteiger partial charge in [0.2, 0.25) is 5.91 Å². The lowest BCUT2D eigenvalue weighted by molar-refractivity contribution is -0.124. The van der Waals surface area contributed by atoms with E-state index in [0.29, 0.717) is 6.54 Å². The summed E-state index contributed by atoms with van der Waals surface area (Å²) in [6.45, 7) is 2.58. The predicted octanol–water partition coefficient (Wildman–Crippen LogP) is 3.15. The monoisotopic (exact) mass is 323 g/mol. The third-order valence-corrected chi connectivity index (χ3v) is 4.87. The van der Waals surface area contributed by atoms with E-state index < -0.39 is 0 Å². The van der Waals surface area contributed by atoms with Gasteiger partial charge in [0.05, 0.1) is 5.69 Å². The summed E-state index contributed by atoms with van der Waals surface area (Å²) in [6.07, 6.45) is 4.47. The first-order chi connectivity index (χ1) is 11.6. The minimum absolute atomic E-state index is 0.0133. The molecule has 1 aliphatic heterocycles. The van der Waals surface area contributed by atoms with Crippen LogP contribution in [0, 0.1) is 5.92 Å². The molecule has 1 unspecified atom stereocenters. The molecule has 0 saturated carbocycles. The number of aromatic nitrogens is 1. The van der Waals surface area contributed by atoms with Gasteiger partial charge in [0.25, 0.3) is 0 Å². The van der Waals surface area contributed by atoms with Crippen molar-refractivity contribution < 1.29 is 4.79 Å². The maximum absolute atomic E-state index is 12.4. The summed E-state index contributed by atoms with van der Waals surface area (Å²) in [6, 6.07) is 14.3. The van der Waals surface area contributed by atoms with Crippen LogP contribution < -0.4 is 11.1 Å². The molecule has 1 amide bonds. The molecule has 2 bridgehead atoms. The Hall–Kier alpha value is -2.20. The van der Waals surface area contributed by atoms with E-state index in [4.69, 9.17) is 5.73 Å². The summed E-state index contributed by atoms with van der Waals surface area (Å²) in [4.78, 5) is 16.8. The molecular formula is C20H25N3O. The van der Waals surface area contributed by atoms with Crippen LogP contribution in [0.5, 0.6) is 0 Å². The molecule has 0 radical (unpaired) electrons. The minimum Gasteiger partial charge on any atom is -0.355 e. The summed E-state index contributed by atoms with van der Waals surface area (Å²) in [5.74, 6) is 0.245. The molecule has 1 aromatic heterocycles. The van der Waals surface area contributed by atoms with E-state index in [1.807, 2.05) is 37.4 Å². The van der Waals surface area contributed by atoms with Crippen LogP contribution in [0.25, 0.3) is 0 Å². The lowest BCUT2D eigenvalue weighted by Crippen LogP contribution is -2.33. The molecule has 126 valence electrons. The van der Waals surface area contributed by atoms with Gasteiger partial charge in [-0.2, -0.15) is 0 Å². The molecule has 24 heavy (non-hydrogen) atoms. The zero-order chi connectivity index (χ0) is 16.9. The van der Waals surface area contributed by atoms with Gasteiger partial charge in [-0.1, -0.05) is 43.7 Å². The highest BCUT2D eigenvalue weighted by Gasteiger charge is 2.21. The molecule has 2 aromatic rings. The molecule has 3 rings (SSSR count). The lowest BCUT2D eigenvalue weighted by atomic mass is 9.89. The molecule has 3 N–H and O–H groups in total. The number of hydrogen-bond donors (Lipinski definition) is 2. The second-order valence-electron chi connectivity index (χ2n) is 6.66. The van der Waals surface area contributed by atoms with Gasteiger partial charge in [-0.25, -0.2) is 0 Å². The number of nitrogens with two attached hydrogens (primary N) is 1. The van der Waals surface area contributed by atoms with Gasteiger partial charge in [0.1, 0.15) is 0 Å². The van der Waals surface area contributed by atoms with Crippen molar-refractivity contribution in [2.45, 2.75) is 38.1 Å². The lowest BCUT2D eigenvalue weighted by Gasteiger charge is -2.23. The Labute approximate surface area is 143 Å². The average Bonchev–Trinajstić information content (AvgIpc) is 2.62. The van der Waals surface area contributed by atoms with E-state index >= 15 is 0 Å². The maximum Gasteiger partial charge on any atom is 0.222 e. The van der Waals surface area contributed by atoms with Gasteiger partial charge in [-0.15, -0.1) is 0 Å². The number of carbonyl (C=O) groups excluding carboxylic acids is 1. The number of hydrogen-bond acceptors (Lipinski definition) is 3. The maximum atomic E-state index is 12.4. The smallest absolute Gasteiger partial charge is 0.222 e. The van der Waals surface area contributed by atoms with Crippen molar-refractivity contribution in [3.63, 3.8) is 0 Å². The van der Waals surface area contributed by atoms with Crippen LogP contribution in [0.3, 0.4) is 0 Å². The molecule has 1 aliphatic rings. The van der Waals surface area contributed by atoms with Gasteiger partial charge in [-0.05, 0) is 36.1 Å². The van der Waals surface area contributed by atoms with Crippen LogP contribution in [0.2, 0.25) is 0 Å². The number of nitrogens with zero attached hydrogens (tertiary/aromatic N) is 1. The number of carbonyl (C=O) groups is 1. The van der Waals surface area contributed by atoms with Gasteiger partial charge < -0.3 is 11.1 Å². The van der Waals surface area contributed by atoms with E-state index in [2.05, 4.69) is 28.5 Å². The van der Waals surface area contributed by atoms with Crippen LogP contribution in [0.1, 0.15) is 55.0 Å². The van der Waals surface area contributed by atoms with Crippen LogP contribution in [0.4, 0.5) is 0 Å². The Balaban J connectivity index is 1.98. The highest BCUT2D eigenvalue weighted by Crippen LogP contribution is 2.27. The summed E-state index contributed by atoms with van der Waals surface area (Å²) < 4.78 is 0. The third kappa shape index (κ3) is 3.82. The average molecular weight is 323 g/mol. The first-order valence-corrected chi connectivity index (χ1v) is 8.69. The van der Waals surface area contributed by atoms with E-state index in [1.54, 1.807) is 0 Å². The molecule has 2 heterocycles. The van der Waals surface area contributed by atoms with Gasteiger partial charge in [0, 0.05) is 30.6 Å². The van der Waals surface area contributed by atoms with E-state index in [1.165, 1.54) is 5.56 Å². The SMILES string of the molecule is C[C@@H]1CCC[C@H](N)c2cc(ccn2)C(c2ccccc2)CNC1=O. The van der Waals surface area contributed by atoms with Crippen LogP contribution in [-0.2, 0) is 4.79 Å². The van der Waals surface area contributed by atoms with Crippen molar-refractivity contribution in [3.05, 3.63) is 65.5 Å². The first-order valence-electron chi connectivity index (χ1n) is 8.69. The molecule has 1 aromatic carbocycles. The van der Waals surface area contributed by atoms with Gasteiger partial charge in [-0.3, -0.25) is 9.78 Å². The number of fused-ring (bicyclic) bond motifs is 2. The highest BCUT2D eigenvalue weighted by atomic mass is 16.1. The van der Waals surface area contributed by atoms with Crippen molar-refractivity contribution in [2.75, 3.05) is 6.54 Å². The fourth-order valence-electron chi connectivity index (χ4n) is 3.30. The third-order valence-electron chi connectivity index (χ3n) is 4.87. The fraction of sp³-hybridized carbons (Fsp3) is 0.400. The molecule has 0 spiro atoms. The number of pyridine rings is 1. The molecule has 4 nitrogen and oxygen atoms in total. The molecule has 3 atom stereocenters. The number of nitrogens with one attached hydrogen (secondary N) is 1. The van der Waals surface area contributed by atoms with Crippen molar-refractivity contribution in [1.29, 1.82) is 0 Å². The van der Waals surface area contributed by atoms with E-state index in [0.717, 1.165) is 30.5 Å². The second kappa shape index (κ2) is 7.58. The Bertz CT molecular complexity index is 686. The van der Waals surface area contributed by atoms with Crippen molar-refractivity contribution in [3.8, 4) is 0 Å². The van der Waals surface area contributed by atoms with Crippen molar-refractivity contribution in [2.24, 2.45) is 11.7 Å². The van der Waals surface area contributed by atoms with E-state index in [-0.39, 0.29) is 23.8 Å². The van der Waals surface area contributed by atoms with Crippen LogP contribution in [0.15, 0.2) is 48.7 Å². The zero-order valence-corrected chi connectivity index (χ0v) is 14.1. The standard InChI is InChI=1S/C20H25N3O/c1-14-6-5-9-18(21)19-12-16(10-11-22-19)17(13-23-20(14)24)15-7-3-2-4-8-15/h2-4,7-8,10-12,14,17-18H,5-6,9,13,21H2,1H3,(H,23,24)/t14-,17?,18+/m1/s1. The number of benzene rings is 1. The topological polar surface area (TPSA) is 68.0 Å². The van der Waals surface area contributed by atoms with Gasteiger partial charge >= 0.3 is 0 Å². The normalized spacial score (nSPS) is 25.2. The molecule has 0 fully saturated rings. The summed E-state index contributed by atoms with van der Waals surface area (Å²) in [7, 11) is 0. The van der Waals surface area contributed by atoms with Crippen LogP contribution >= 0.6 is 0 Å². The first kappa shape index (κ1) is 16.7. The van der Waals surface area contributed by atoms with Crippen molar-refractivity contribution in [1.82, 2.24) is 10.3 Å². The Kier molecular flexibility index (Phi) is 5.26. The second-order valence-corrected chi connectivity index (χ2v) is 6.66. The van der Waals surface area contributed by atoms with Crippen molar-refractivity contribution >= 4 is 5.91 Å². The summed E-state index contributed by atoms with van der Waals surface area (Å²) in [5.41, 5.74) is 9.59. The Morgan fingerprint density at radius 3 is 2.71 bits per heavy atom. The quantitative estimate of drug-likeness (QED) is 0.847. The largest absolute Gasteiger partial charge is 0.355 e. The minimum atomic E-state index is -0.0731. The highest BCUT2D eigenvalue weighted by molar-refractivity contribution is 5.78. The Morgan fingerprint density at radius 2 is 1.92 bits per heavy atom. The zero-order valence-electron chi connectivity index (χ0n) is 14.1. The number of rotatable bonds is 1. The van der Waals surface area contributed by atoms with Crippen LogP contribution in [-0.4, -0.2) is 17.4 Å². The molecule has 0 saturated heterocycles. The fourth-order valence-corrected chi connectivity index (χ4v) is 3.30. The molecular weight excluding hydrogens is 298 g/mol. The summed E-state index contributed by atoms with van der Waals surface area (Å²) in [5, 5.41) is 3.13. The summed E-state index contributed by atoms with van der Waals surface area (Å²) >= 11 is 0. The van der Waals surface area contributed by atoms with E-state index in [9.17, 15) is 4.79 Å². The predicted molar refractivity (Wildman–Crippen MR) is 95.5 cm³/mol. The Morgan fingerprint density at radius 1 is 1.12 bits per heavy atom. The van der Waals surface area contributed by atoms with Gasteiger partial charge in [0.15, 0.2) is 0 Å². The molecule has 4 heteroatoms. The molecule has 0 aliphatic carbocycles. The number of amides is 1.